The van der Waals surface area contributed by atoms with Crippen LogP contribution in [0.15, 0.2) is 0 Å². The van der Waals surface area contributed by atoms with Crippen LogP contribution in [0.5, 0.6) is 0 Å². The molecule has 1 rings (SSSR count). The molecule has 0 atom stereocenters. The molecule has 0 aliphatic carbocycles. The first-order chi connectivity index (χ1) is 8.83. The molecule has 4 N–H and O–H groups in total. The number of anilines is 2. The number of nitrogens with two attached hydrogens (primary N) is 1. The van der Waals surface area contributed by atoms with E-state index in [9.17, 15) is 4.79 Å². The first-order valence-corrected chi connectivity index (χ1v) is 7.48. The molecule has 0 fully saturated rings. The molecule has 0 aliphatic rings. The summed E-state index contributed by atoms with van der Waals surface area (Å²) >= 11 is 1.30. The van der Waals surface area contributed by atoms with Crippen molar-refractivity contribution in [3.8, 4) is 0 Å². The smallest absolute Gasteiger partial charge is 0.265 e. The van der Waals surface area contributed by atoms with Crippen molar-refractivity contribution in [2.45, 2.75) is 52.5 Å². The zero-order valence-corrected chi connectivity index (χ0v) is 13.0. The summed E-state index contributed by atoms with van der Waals surface area (Å²) < 4.78 is 0. The summed E-state index contributed by atoms with van der Waals surface area (Å²) in [6.07, 6.45) is 3.25. The van der Waals surface area contributed by atoms with Gasteiger partial charge in [-0.15, -0.1) is 0 Å². The standard InChI is InChI=1S/C13H24N4OS/c1-5-6-7-8-15-11(18)9-10(14)16-12(19-9)17-13(2,3)4/h5-8,14H2,1-4H3,(H,15,18)(H,16,17). The van der Waals surface area contributed by atoms with Crippen LogP contribution in [0.4, 0.5) is 10.9 Å². The molecule has 6 heteroatoms. The Morgan fingerprint density at radius 3 is 2.63 bits per heavy atom. The minimum atomic E-state index is -0.131. The van der Waals surface area contributed by atoms with Crippen molar-refractivity contribution in [2.75, 3.05) is 17.6 Å². The minimum Gasteiger partial charge on any atom is -0.382 e. The quantitative estimate of drug-likeness (QED) is 0.702. The Kier molecular flexibility index (Phi) is 5.60. The Balaban J connectivity index is 2.60. The van der Waals surface area contributed by atoms with Gasteiger partial charge in [-0.3, -0.25) is 4.79 Å². The SMILES string of the molecule is CCCCCNC(=O)c1sc(NC(C)(C)C)nc1N. The molecule has 0 saturated carbocycles. The molecule has 0 bridgehead atoms. The average molecular weight is 284 g/mol. The number of thiazole rings is 1. The molecule has 0 saturated heterocycles. The minimum absolute atomic E-state index is 0.0981. The number of amides is 1. The summed E-state index contributed by atoms with van der Waals surface area (Å²) in [4.78, 5) is 16.6. The molecular weight excluding hydrogens is 260 g/mol. The number of nitrogen functional groups attached to an aromatic ring is 1. The maximum absolute atomic E-state index is 12.0. The van der Waals surface area contributed by atoms with Crippen molar-refractivity contribution in [2.24, 2.45) is 0 Å². The lowest BCUT2D eigenvalue weighted by atomic mass is 10.1. The largest absolute Gasteiger partial charge is 0.382 e. The van der Waals surface area contributed by atoms with Crippen LogP contribution in [-0.2, 0) is 0 Å². The Labute approximate surface area is 119 Å². The summed E-state index contributed by atoms with van der Waals surface area (Å²) in [5.41, 5.74) is 5.69. The number of nitrogens with one attached hydrogen (secondary N) is 2. The lowest BCUT2D eigenvalue weighted by Crippen LogP contribution is -2.25. The third-order valence-electron chi connectivity index (χ3n) is 2.41. The molecule has 0 spiro atoms. The summed E-state index contributed by atoms with van der Waals surface area (Å²) in [6, 6.07) is 0. The lowest BCUT2D eigenvalue weighted by molar-refractivity contribution is 0.0957. The van der Waals surface area contributed by atoms with E-state index in [0.29, 0.717) is 22.4 Å². The van der Waals surface area contributed by atoms with Gasteiger partial charge in [0.05, 0.1) is 0 Å². The molecule has 1 aromatic rings. The van der Waals surface area contributed by atoms with E-state index in [0.717, 1.165) is 19.3 Å². The van der Waals surface area contributed by atoms with Gasteiger partial charge in [0.25, 0.3) is 5.91 Å². The highest BCUT2D eigenvalue weighted by atomic mass is 32.1. The molecule has 0 unspecified atom stereocenters. The zero-order valence-electron chi connectivity index (χ0n) is 12.2. The molecule has 0 aromatic carbocycles. The predicted molar refractivity (Wildman–Crippen MR) is 81.8 cm³/mol. The normalized spacial score (nSPS) is 11.4. The Bertz CT molecular complexity index is 423. The van der Waals surface area contributed by atoms with Crippen molar-refractivity contribution in [1.29, 1.82) is 0 Å². The van der Waals surface area contributed by atoms with Crippen LogP contribution in [0.3, 0.4) is 0 Å². The van der Waals surface area contributed by atoms with Crippen molar-refractivity contribution in [3.05, 3.63) is 4.88 Å². The van der Waals surface area contributed by atoms with E-state index in [2.05, 4.69) is 22.5 Å². The Morgan fingerprint density at radius 1 is 1.37 bits per heavy atom. The second-order valence-electron chi connectivity index (χ2n) is 5.57. The van der Waals surface area contributed by atoms with Crippen LogP contribution in [-0.4, -0.2) is 23.0 Å². The third kappa shape index (κ3) is 5.46. The molecule has 5 nitrogen and oxygen atoms in total. The maximum Gasteiger partial charge on any atom is 0.265 e. The van der Waals surface area contributed by atoms with Gasteiger partial charge < -0.3 is 16.4 Å². The number of rotatable bonds is 6. The van der Waals surface area contributed by atoms with E-state index in [1.807, 2.05) is 20.8 Å². The number of hydrogen-bond acceptors (Lipinski definition) is 5. The van der Waals surface area contributed by atoms with Gasteiger partial charge in [0, 0.05) is 12.1 Å². The van der Waals surface area contributed by atoms with E-state index in [4.69, 9.17) is 5.73 Å². The summed E-state index contributed by atoms with van der Waals surface area (Å²) in [7, 11) is 0. The fourth-order valence-corrected chi connectivity index (χ4v) is 2.54. The van der Waals surface area contributed by atoms with Gasteiger partial charge in [-0.05, 0) is 27.2 Å². The molecule has 108 valence electrons. The monoisotopic (exact) mass is 284 g/mol. The lowest BCUT2D eigenvalue weighted by Gasteiger charge is -2.19. The van der Waals surface area contributed by atoms with Crippen molar-refractivity contribution in [3.63, 3.8) is 0 Å². The Morgan fingerprint density at radius 2 is 2.05 bits per heavy atom. The van der Waals surface area contributed by atoms with E-state index in [-0.39, 0.29) is 11.4 Å². The number of nitrogens with zero attached hydrogens (tertiary/aromatic N) is 1. The number of hydrogen-bond donors (Lipinski definition) is 3. The van der Waals surface area contributed by atoms with Gasteiger partial charge in [0.15, 0.2) is 5.13 Å². The van der Waals surface area contributed by atoms with Gasteiger partial charge in [-0.1, -0.05) is 31.1 Å². The average Bonchev–Trinajstić information content (AvgIpc) is 2.63. The first kappa shape index (κ1) is 15.8. The van der Waals surface area contributed by atoms with Gasteiger partial charge >= 0.3 is 0 Å². The molecule has 1 amide bonds. The highest BCUT2D eigenvalue weighted by Gasteiger charge is 2.18. The predicted octanol–water partition coefficient (Wildman–Crippen LogP) is 2.86. The van der Waals surface area contributed by atoms with E-state index in [1.165, 1.54) is 11.3 Å². The second kappa shape index (κ2) is 6.75. The molecule has 0 radical (unpaired) electrons. The van der Waals surface area contributed by atoms with Crippen LogP contribution in [0.2, 0.25) is 0 Å². The van der Waals surface area contributed by atoms with Crippen LogP contribution < -0.4 is 16.4 Å². The van der Waals surface area contributed by atoms with Crippen LogP contribution in [0.25, 0.3) is 0 Å². The molecular formula is C13H24N4OS. The second-order valence-corrected chi connectivity index (χ2v) is 6.57. The fraction of sp³-hybridized carbons (Fsp3) is 0.692. The maximum atomic E-state index is 12.0. The molecule has 1 aromatic heterocycles. The van der Waals surface area contributed by atoms with Gasteiger partial charge in [0.2, 0.25) is 0 Å². The highest BCUT2D eigenvalue weighted by molar-refractivity contribution is 7.18. The third-order valence-corrected chi connectivity index (χ3v) is 3.39. The Hall–Kier alpha value is -1.30. The van der Waals surface area contributed by atoms with Crippen LogP contribution in [0, 0.1) is 0 Å². The van der Waals surface area contributed by atoms with E-state index in [1.54, 1.807) is 0 Å². The highest BCUT2D eigenvalue weighted by Crippen LogP contribution is 2.27. The van der Waals surface area contributed by atoms with Crippen molar-refractivity contribution < 1.29 is 4.79 Å². The number of unbranched alkanes of at least 4 members (excludes halogenated alkanes) is 2. The van der Waals surface area contributed by atoms with Gasteiger partial charge in [-0.25, -0.2) is 4.98 Å². The van der Waals surface area contributed by atoms with Gasteiger partial charge in [0.1, 0.15) is 10.7 Å². The fourth-order valence-electron chi connectivity index (χ4n) is 1.53. The van der Waals surface area contributed by atoms with Crippen LogP contribution in [0.1, 0.15) is 56.6 Å². The zero-order chi connectivity index (χ0) is 14.5. The number of carbonyl (C=O) groups excluding carboxylic acids is 1. The summed E-state index contributed by atoms with van der Waals surface area (Å²) in [5, 5.41) is 6.78. The number of aromatic nitrogens is 1. The topological polar surface area (TPSA) is 80.0 Å². The van der Waals surface area contributed by atoms with Crippen molar-refractivity contribution in [1.82, 2.24) is 10.3 Å². The van der Waals surface area contributed by atoms with E-state index >= 15 is 0 Å². The number of carbonyl (C=O) groups is 1. The molecule has 19 heavy (non-hydrogen) atoms. The van der Waals surface area contributed by atoms with E-state index < -0.39 is 0 Å². The van der Waals surface area contributed by atoms with Gasteiger partial charge in [-0.2, -0.15) is 0 Å². The summed E-state index contributed by atoms with van der Waals surface area (Å²) in [5.74, 6) is 0.165. The first-order valence-electron chi connectivity index (χ1n) is 6.66. The van der Waals surface area contributed by atoms with Crippen molar-refractivity contribution >= 4 is 28.2 Å². The van der Waals surface area contributed by atoms with Crippen LogP contribution >= 0.6 is 11.3 Å². The molecule has 0 aliphatic heterocycles. The molecule has 1 heterocycles. The summed E-state index contributed by atoms with van der Waals surface area (Å²) in [6.45, 7) is 8.93.